The summed E-state index contributed by atoms with van der Waals surface area (Å²) in [5.41, 5.74) is 2.93. The highest BCUT2D eigenvalue weighted by molar-refractivity contribution is 9.10. The van der Waals surface area contributed by atoms with Crippen molar-refractivity contribution in [2.24, 2.45) is 5.10 Å². The minimum atomic E-state index is -0.131. The highest BCUT2D eigenvalue weighted by Crippen LogP contribution is 2.19. The van der Waals surface area contributed by atoms with Crippen LogP contribution < -0.4 is 5.43 Å². The fourth-order valence-electron chi connectivity index (χ4n) is 1.09. The number of nitrogens with one attached hydrogen (secondary N) is 1. The fraction of sp³-hybridized carbons (Fsp3) is 0.273. The number of phenols is 1. The van der Waals surface area contributed by atoms with Gasteiger partial charge in [0.05, 0.1) is 6.21 Å². The monoisotopic (exact) mass is 284 g/mol. The van der Waals surface area contributed by atoms with Gasteiger partial charge in [-0.3, -0.25) is 4.79 Å². The lowest BCUT2D eigenvalue weighted by molar-refractivity contribution is -0.121. The van der Waals surface area contributed by atoms with E-state index in [4.69, 9.17) is 0 Å². The van der Waals surface area contributed by atoms with E-state index >= 15 is 0 Å². The van der Waals surface area contributed by atoms with Crippen molar-refractivity contribution in [1.82, 2.24) is 5.43 Å². The minimum absolute atomic E-state index is 0.122. The normalized spacial score (nSPS) is 10.6. The van der Waals surface area contributed by atoms with Crippen molar-refractivity contribution in [3.05, 3.63) is 28.2 Å². The first kappa shape index (κ1) is 12.7. The Kier molecular flexibility index (Phi) is 4.98. The molecular weight excluding hydrogens is 272 g/mol. The van der Waals surface area contributed by atoms with E-state index in [9.17, 15) is 9.90 Å². The van der Waals surface area contributed by atoms with Crippen LogP contribution in [0.5, 0.6) is 5.75 Å². The van der Waals surface area contributed by atoms with E-state index in [1.807, 2.05) is 6.92 Å². The zero-order valence-corrected chi connectivity index (χ0v) is 10.5. The van der Waals surface area contributed by atoms with Crippen LogP contribution in [0.3, 0.4) is 0 Å². The van der Waals surface area contributed by atoms with Gasteiger partial charge in [-0.15, -0.1) is 0 Å². The number of benzene rings is 1. The van der Waals surface area contributed by atoms with E-state index in [1.54, 1.807) is 18.2 Å². The Bertz CT molecular complexity index is 405. The molecule has 1 rings (SSSR count). The van der Waals surface area contributed by atoms with Gasteiger partial charge in [0, 0.05) is 16.5 Å². The number of aromatic hydroxyl groups is 1. The summed E-state index contributed by atoms with van der Waals surface area (Å²) in [6.07, 6.45) is 2.64. The van der Waals surface area contributed by atoms with Gasteiger partial charge in [0.25, 0.3) is 0 Å². The molecule has 0 heterocycles. The van der Waals surface area contributed by atoms with Gasteiger partial charge in [0.15, 0.2) is 0 Å². The lowest BCUT2D eigenvalue weighted by atomic mass is 10.2. The molecule has 0 aromatic heterocycles. The SMILES string of the molecule is CCCC(=O)N/N=C/c1cc(Br)ccc1O. The number of hydrazone groups is 1. The molecule has 86 valence electrons. The number of carbonyl (C=O) groups excluding carboxylic acids is 1. The van der Waals surface area contributed by atoms with Gasteiger partial charge in [-0.1, -0.05) is 22.9 Å². The summed E-state index contributed by atoms with van der Waals surface area (Å²) in [4.78, 5) is 11.1. The third kappa shape index (κ3) is 4.02. The van der Waals surface area contributed by atoms with Crippen LogP contribution in [0.1, 0.15) is 25.3 Å². The fourth-order valence-corrected chi connectivity index (χ4v) is 1.46. The van der Waals surface area contributed by atoms with Gasteiger partial charge in [0.2, 0.25) is 5.91 Å². The molecular formula is C11H13BrN2O2. The van der Waals surface area contributed by atoms with Gasteiger partial charge in [-0.05, 0) is 24.6 Å². The van der Waals surface area contributed by atoms with Gasteiger partial charge >= 0.3 is 0 Å². The van der Waals surface area contributed by atoms with Crippen LogP contribution in [0.25, 0.3) is 0 Å². The highest BCUT2D eigenvalue weighted by atomic mass is 79.9. The molecule has 0 radical (unpaired) electrons. The minimum Gasteiger partial charge on any atom is -0.507 e. The smallest absolute Gasteiger partial charge is 0.240 e. The number of amides is 1. The van der Waals surface area contributed by atoms with Crippen molar-refractivity contribution in [1.29, 1.82) is 0 Å². The number of hydrogen-bond donors (Lipinski definition) is 2. The van der Waals surface area contributed by atoms with Crippen molar-refractivity contribution >= 4 is 28.1 Å². The van der Waals surface area contributed by atoms with E-state index in [0.29, 0.717) is 12.0 Å². The molecule has 16 heavy (non-hydrogen) atoms. The van der Waals surface area contributed by atoms with Crippen molar-refractivity contribution in [3.63, 3.8) is 0 Å². The van der Waals surface area contributed by atoms with E-state index in [0.717, 1.165) is 10.9 Å². The summed E-state index contributed by atoms with van der Waals surface area (Å²) in [7, 11) is 0. The molecule has 0 saturated heterocycles. The quantitative estimate of drug-likeness (QED) is 0.659. The second-order valence-corrected chi connectivity index (χ2v) is 4.16. The molecule has 1 aromatic rings. The predicted octanol–water partition coefficient (Wildman–Crippen LogP) is 2.40. The van der Waals surface area contributed by atoms with Crippen LogP contribution in [0.15, 0.2) is 27.8 Å². The van der Waals surface area contributed by atoms with Gasteiger partial charge in [-0.2, -0.15) is 5.10 Å². The summed E-state index contributed by atoms with van der Waals surface area (Å²) < 4.78 is 0.839. The Labute approximate surface area is 102 Å². The molecule has 0 unspecified atom stereocenters. The number of rotatable bonds is 4. The first-order valence-electron chi connectivity index (χ1n) is 4.94. The molecule has 4 nitrogen and oxygen atoms in total. The third-order valence-corrected chi connectivity index (χ3v) is 2.35. The average molecular weight is 285 g/mol. The van der Waals surface area contributed by atoms with Crippen LogP contribution in [0.2, 0.25) is 0 Å². The summed E-state index contributed by atoms with van der Waals surface area (Å²) in [5, 5.41) is 13.2. The second kappa shape index (κ2) is 6.27. The summed E-state index contributed by atoms with van der Waals surface area (Å²) in [5.74, 6) is -0.00933. The number of phenolic OH excluding ortho intramolecular Hbond substituents is 1. The molecule has 1 amide bonds. The first-order valence-corrected chi connectivity index (χ1v) is 5.73. The molecule has 5 heteroatoms. The summed E-state index contributed by atoms with van der Waals surface area (Å²) in [6, 6.07) is 4.99. The third-order valence-electron chi connectivity index (χ3n) is 1.86. The molecule has 0 saturated carbocycles. The van der Waals surface area contributed by atoms with Crippen LogP contribution in [0, 0.1) is 0 Å². The molecule has 1 aromatic carbocycles. The lowest BCUT2D eigenvalue weighted by Gasteiger charge is -1.99. The molecule has 0 aliphatic heterocycles. The standard InChI is InChI=1S/C11H13BrN2O2/c1-2-3-11(16)14-13-7-8-6-9(12)4-5-10(8)15/h4-7,15H,2-3H2,1H3,(H,14,16)/b13-7+. The highest BCUT2D eigenvalue weighted by Gasteiger charge is 1.99. The van der Waals surface area contributed by atoms with Gasteiger partial charge in [-0.25, -0.2) is 5.43 Å². The number of halogens is 1. The van der Waals surface area contributed by atoms with Crippen LogP contribution in [-0.4, -0.2) is 17.2 Å². The Morgan fingerprint density at radius 3 is 3.06 bits per heavy atom. The zero-order chi connectivity index (χ0) is 12.0. The van der Waals surface area contributed by atoms with Crippen molar-refractivity contribution in [2.45, 2.75) is 19.8 Å². The largest absolute Gasteiger partial charge is 0.507 e. The van der Waals surface area contributed by atoms with E-state index < -0.39 is 0 Å². The second-order valence-electron chi connectivity index (χ2n) is 3.25. The zero-order valence-electron chi connectivity index (χ0n) is 8.90. The number of nitrogens with zero attached hydrogens (tertiary/aromatic N) is 1. The van der Waals surface area contributed by atoms with Crippen LogP contribution in [-0.2, 0) is 4.79 Å². The van der Waals surface area contributed by atoms with Gasteiger partial charge in [0.1, 0.15) is 5.75 Å². The van der Waals surface area contributed by atoms with Crippen LogP contribution >= 0.6 is 15.9 Å². The molecule has 2 N–H and O–H groups in total. The molecule has 0 spiro atoms. The number of hydrogen-bond acceptors (Lipinski definition) is 3. The first-order chi connectivity index (χ1) is 7.63. The maximum absolute atomic E-state index is 11.1. The van der Waals surface area contributed by atoms with Crippen molar-refractivity contribution < 1.29 is 9.90 Å². The lowest BCUT2D eigenvalue weighted by Crippen LogP contribution is -2.16. The Hall–Kier alpha value is -1.36. The van der Waals surface area contributed by atoms with Gasteiger partial charge < -0.3 is 5.11 Å². The Morgan fingerprint density at radius 1 is 1.62 bits per heavy atom. The topological polar surface area (TPSA) is 61.7 Å². The molecule has 0 bridgehead atoms. The summed E-state index contributed by atoms with van der Waals surface area (Å²) >= 11 is 3.28. The van der Waals surface area contributed by atoms with Crippen molar-refractivity contribution in [2.75, 3.05) is 0 Å². The number of carbonyl (C=O) groups is 1. The molecule has 0 aliphatic carbocycles. The Morgan fingerprint density at radius 2 is 2.38 bits per heavy atom. The molecule has 0 fully saturated rings. The van der Waals surface area contributed by atoms with Crippen molar-refractivity contribution in [3.8, 4) is 5.75 Å². The maximum atomic E-state index is 11.1. The molecule has 0 aliphatic rings. The Balaban J connectivity index is 2.62. The van der Waals surface area contributed by atoms with Crippen LogP contribution in [0.4, 0.5) is 0 Å². The van der Waals surface area contributed by atoms with E-state index in [-0.39, 0.29) is 11.7 Å². The summed E-state index contributed by atoms with van der Waals surface area (Å²) in [6.45, 7) is 1.92. The van der Waals surface area contributed by atoms with E-state index in [2.05, 4.69) is 26.5 Å². The predicted molar refractivity (Wildman–Crippen MR) is 66.5 cm³/mol. The van der Waals surface area contributed by atoms with E-state index in [1.165, 1.54) is 6.21 Å². The maximum Gasteiger partial charge on any atom is 0.240 e. The average Bonchev–Trinajstić information content (AvgIpc) is 2.23. The molecule has 0 atom stereocenters.